The Labute approximate surface area is 110 Å². The molecule has 0 saturated carbocycles. The second-order valence-corrected chi connectivity index (χ2v) is 4.50. The average Bonchev–Trinajstić information content (AvgIpc) is 2.37. The van der Waals surface area contributed by atoms with Crippen LogP contribution < -0.4 is 10.1 Å². The smallest absolute Gasteiger partial charge is 0.148 e. The van der Waals surface area contributed by atoms with Crippen molar-refractivity contribution in [3.05, 3.63) is 53.9 Å². The highest BCUT2D eigenvalue weighted by atomic mass is 16.5. The van der Waals surface area contributed by atoms with Gasteiger partial charge in [0.15, 0.2) is 0 Å². The van der Waals surface area contributed by atoms with Gasteiger partial charge in [-0.3, -0.25) is 0 Å². The summed E-state index contributed by atoms with van der Waals surface area (Å²) in [5, 5.41) is 3.31. The van der Waals surface area contributed by atoms with Crippen molar-refractivity contribution >= 4 is 0 Å². The molecule has 0 heterocycles. The Morgan fingerprint density at radius 2 is 1.89 bits per heavy atom. The Morgan fingerprint density at radius 3 is 2.44 bits per heavy atom. The maximum absolute atomic E-state index is 5.89. The predicted molar refractivity (Wildman–Crippen MR) is 77.5 cm³/mol. The summed E-state index contributed by atoms with van der Waals surface area (Å²) in [7, 11) is 0. The van der Waals surface area contributed by atoms with Crippen LogP contribution in [0.15, 0.2) is 53.9 Å². The quantitative estimate of drug-likeness (QED) is 0.440. The molecule has 0 aromatic heterocycles. The van der Waals surface area contributed by atoms with Crippen LogP contribution in [0.1, 0.15) is 33.6 Å². The van der Waals surface area contributed by atoms with Gasteiger partial charge in [-0.15, -0.1) is 0 Å². The van der Waals surface area contributed by atoms with Crippen LogP contribution >= 0.6 is 0 Å². The molecule has 1 aromatic carbocycles. The molecular weight excluding hydrogens is 222 g/mol. The SMILES string of the molecule is C=C(NCCCC)C(Oc1ccccc1)=C(C)C. The lowest BCUT2D eigenvalue weighted by Gasteiger charge is -2.16. The normalized spacial score (nSPS) is 9.72. The van der Waals surface area contributed by atoms with Crippen LogP contribution in [-0.4, -0.2) is 6.54 Å². The lowest BCUT2D eigenvalue weighted by molar-refractivity contribution is 0.420. The van der Waals surface area contributed by atoms with E-state index in [-0.39, 0.29) is 0 Å². The molecule has 2 nitrogen and oxygen atoms in total. The molecule has 0 unspecified atom stereocenters. The fraction of sp³-hybridized carbons (Fsp3) is 0.375. The fourth-order valence-corrected chi connectivity index (χ4v) is 1.57. The van der Waals surface area contributed by atoms with Crippen LogP contribution in [0.2, 0.25) is 0 Å². The largest absolute Gasteiger partial charge is 0.455 e. The third-order valence-corrected chi connectivity index (χ3v) is 2.56. The Bertz CT molecular complexity index is 402. The molecule has 1 rings (SSSR count). The second-order valence-electron chi connectivity index (χ2n) is 4.50. The van der Waals surface area contributed by atoms with E-state index in [0.29, 0.717) is 0 Å². The van der Waals surface area contributed by atoms with Crippen molar-refractivity contribution < 1.29 is 4.74 Å². The van der Waals surface area contributed by atoms with Crippen LogP contribution in [0.3, 0.4) is 0 Å². The van der Waals surface area contributed by atoms with Crippen molar-refractivity contribution in [2.45, 2.75) is 33.6 Å². The molecule has 0 spiro atoms. The number of allylic oxidation sites excluding steroid dienone is 1. The van der Waals surface area contributed by atoms with E-state index < -0.39 is 0 Å². The number of unbranched alkanes of at least 4 members (excludes halogenated alkanes) is 1. The number of rotatable bonds is 7. The minimum absolute atomic E-state index is 0.831. The van der Waals surface area contributed by atoms with Crippen LogP contribution in [0.25, 0.3) is 0 Å². The molecule has 2 heteroatoms. The molecule has 1 N–H and O–H groups in total. The first-order chi connectivity index (χ1) is 8.65. The molecule has 0 radical (unpaired) electrons. The van der Waals surface area contributed by atoms with E-state index in [2.05, 4.69) is 18.8 Å². The van der Waals surface area contributed by atoms with E-state index >= 15 is 0 Å². The van der Waals surface area contributed by atoms with E-state index in [0.717, 1.165) is 35.7 Å². The predicted octanol–water partition coefficient (Wildman–Crippen LogP) is 4.26. The fourth-order valence-electron chi connectivity index (χ4n) is 1.57. The lowest BCUT2D eigenvalue weighted by atomic mass is 10.2. The maximum Gasteiger partial charge on any atom is 0.148 e. The van der Waals surface area contributed by atoms with E-state index in [1.54, 1.807) is 0 Å². The summed E-state index contributed by atoms with van der Waals surface area (Å²) < 4.78 is 5.89. The van der Waals surface area contributed by atoms with Gasteiger partial charge in [-0.1, -0.05) is 38.1 Å². The number of benzene rings is 1. The Balaban J connectivity index is 2.67. The summed E-state index contributed by atoms with van der Waals surface area (Å²) in [4.78, 5) is 0. The van der Waals surface area contributed by atoms with E-state index in [1.165, 1.54) is 6.42 Å². The molecule has 1 aromatic rings. The summed E-state index contributed by atoms with van der Waals surface area (Å²) >= 11 is 0. The zero-order valence-electron chi connectivity index (χ0n) is 11.6. The van der Waals surface area contributed by atoms with Crippen molar-refractivity contribution in [1.29, 1.82) is 0 Å². The van der Waals surface area contributed by atoms with Gasteiger partial charge in [0.2, 0.25) is 0 Å². The minimum atomic E-state index is 0.831. The highest BCUT2D eigenvalue weighted by Crippen LogP contribution is 2.18. The number of para-hydroxylation sites is 1. The molecule has 0 saturated heterocycles. The molecule has 0 aliphatic heterocycles. The van der Waals surface area contributed by atoms with Crippen molar-refractivity contribution in [3.63, 3.8) is 0 Å². The van der Waals surface area contributed by atoms with Crippen molar-refractivity contribution in [1.82, 2.24) is 5.32 Å². The van der Waals surface area contributed by atoms with Gasteiger partial charge in [0.25, 0.3) is 0 Å². The van der Waals surface area contributed by atoms with Crippen LogP contribution in [0.5, 0.6) is 5.75 Å². The summed E-state index contributed by atoms with van der Waals surface area (Å²) in [6.45, 7) is 11.2. The lowest BCUT2D eigenvalue weighted by Crippen LogP contribution is -2.18. The molecule has 18 heavy (non-hydrogen) atoms. The van der Waals surface area contributed by atoms with Gasteiger partial charge in [0, 0.05) is 6.54 Å². The van der Waals surface area contributed by atoms with Gasteiger partial charge >= 0.3 is 0 Å². The molecule has 0 aliphatic carbocycles. The van der Waals surface area contributed by atoms with E-state index in [4.69, 9.17) is 4.74 Å². The summed E-state index contributed by atoms with van der Waals surface area (Å²) in [5.74, 6) is 1.67. The van der Waals surface area contributed by atoms with Gasteiger partial charge < -0.3 is 10.1 Å². The standard InChI is InChI=1S/C16H23NO/c1-5-6-12-17-14(4)16(13(2)3)18-15-10-8-7-9-11-15/h7-11,17H,4-6,12H2,1-3H3. The van der Waals surface area contributed by atoms with E-state index in [9.17, 15) is 0 Å². The number of hydrogen-bond acceptors (Lipinski definition) is 2. The first-order valence-electron chi connectivity index (χ1n) is 6.48. The molecular formula is C16H23NO. The van der Waals surface area contributed by atoms with Crippen LogP contribution in [0.4, 0.5) is 0 Å². The van der Waals surface area contributed by atoms with Gasteiger partial charge in [0.05, 0.1) is 5.70 Å². The minimum Gasteiger partial charge on any atom is -0.455 e. The molecule has 0 aliphatic rings. The third kappa shape index (κ3) is 4.66. The third-order valence-electron chi connectivity index (χ3n) is 2.56. The summed E-state index contributed by atoms with van der Waals surface area (Å²) in [6, 6.07) is 9.80. The molecule has 0 atom stereocenters. The zero-order valence-corrected chi connectivity index (χ0v) is 11.6. The maximum atomic E-state index is 5.89. The molecule has 0 amide bonds. The topological polar surface area (TPSA) is 21.3 Å². The Hall–Kier alpha value is -1.70. The monoisotopic (exact) mass is 245 g/mol. The highest BCUT2D eigenvalue weighted by Gasteiger charge is 2.07. The van der Waals surface area contributed by atoms with E-state index in [1.807, 2.05) is 44.2 Å². The van der Waals surface area contributed by atoms with Gasteiger partial charge in [-0.2, -0.15) is 0 Å². The number of ether oxygens (including phenoxy) is 1. The first kappa shape index (κ1) is 14.4. The molecule has 98 valence electrons. The Morgan fingerprint density at radius 1 is 1.22 bits per heavy atom. The van der Waals surface area contributed by atoms with Gasteiger partial charge in [-0.05, 0) is 38.0 Å². The van der Waals surface area contributed by atoms with Crippen LogP contribution in [-0.2, 0) is 0 Å². The van der Waals surface area contributed by atoms with Crippen molar-refractivity contribution in [2.75, 3.05) is 6.54 Å². The van der Waals surface area contributed by atoms with Gasteiger partial charge in [0.1, 0.15) is 11.5 Å². The summed E-state index contributed by atoms with van der Waals surface area (Å²) in [6.07, 6.45) is 2.31. The summed E-state index contributed by atoms with van der Waals surface area (Å²) in [5.41, 5.74) is 1.97. The highest BCUT2D eigenvalue weighted by molar-refractivity contribution is 5.31. The zero-order chi connectivity index (χ0) is 13.4. The second kappa shape index (κ2) is 7.59. The Kier molecular flexibility index (Phi) is 6.06. The van der Waals surface area contributed by atoms with Crippen molar-refractivity contribution in [3.8, 4) is 5.75 Å². The van der Waals surface area contributed by atoms with Crippen molar-refractivity contribution in [2.24, 2.45) is 0 Å². The number of hydrogen-bond donors (Lipinski definition) is 1. The average molecular weight is 245 g/mol. The first-order valence-corrected chi connectivity index (χ1v) is 6.48. The van der Waals surface area contributed by atoms with Crippen LogP contribution in [0, 0.1) is 0 Å². The molecule has 0 fully saturated rings. The molecule has 0 bridgehead atoms. The number of nitrogens with one attached hydrogen (secondary N) is 1. The van der Waals surface area contributed by atoms with Gasteiger partial charge in [-0.25, -0.2) is 0 Å².